The Hall–Kier alpha value is -2.50. The zero-order valence-electron chi connectivity index (χ0n) is 18.7. The first-order chi connectivity index (χ1) is 16.0. The molecule has 0 atom stereocenters. The number of hydrogen-bond acceptors (Lipinski definition) is 6. The number of nitrogens with one attached hydrogen (secondary N) is 2. The molecule has 0 bridgehead atoms. The maximum absolute atomic E-state index is 13.0. The van der Waals surface area contributed by atoms with E-state index < -0.39 is 23.2 Å². The molecule has 34 heavy (non-hydrogen) atoms. The van der Waals surface area contributed by atoms with Crippen molar-refractivity contribution < 1.29 is 27.9 Å². The van der Waals surface area contributed by atoms with Crippen LogP contribution < -0.4 is 10.6 Å². The molecule has 1 aliphatic heterocycles. The molecular weight excluding hydrogens is 469 g/mol. The lowest BCUT2D eigenvalue weighted by molar-refractivity contribution is -0.137. The van der Waals surface area contributed by atoms with E-state index in [1.54, 1.807) is 6.20 Å². The van der Waals surface area contributed by atoms with Gasteiger partial charge in [0.05, 0.1) is 18.2 Å². The average molecular weight is 497 g/mol. The van der Waals surface area contributed by atoms with Crippen LogP contribution in [0.15, 0.2) is 29.8 Å². The third kappa shape index (κ3) is 5.59. The van der Waals surface area contributed by atoms with Gasteiger partial charge in [-0.1, -0.05) is 0 Å². The summed E-state index contributed by atoms with van der Waals surface area (Å²) in [4.78, 5) is 31.0. The standard InChI is InChI=1S/C23H27F3N4O3S/c1-14-8-15(10-16(9-14)23(24,25)26)20(32)28-11-19(31)29-17-12-30(13-17)18-2-4-22(33,5-3-18)21-27-6-7-34-21/h6-10,17-18,33H,2-5,11-13H2,1H3,(H,28,32)(H,29,31)/t18-,22-. The molecule has 0 spiro atoms. The fourth-order valence-corrected chi connectivity index (χ4v) is 5.43. The summed E-state index contributed by atoms with van der Waals surface area (Å²) < 4.78 is 38.9. The van der Waals surface area contributed by atoms with Crippen molar-refractivity contribution in [1.82, 2.24) is 20.5 Å². The summed E-state index contributed by atoms with van der Waals surface area (Å²) in [5, 5.41) is 18.7. The smallest absolute Gasteiger partial charge is 0.383 e. The van der Waals surface area contributed by atoms with Gasteiger partial charge in [-0.25, -0.2) is 4.98 Å². The first kappa shape index (κ1) is 24.6. The van der Waals surface area contributed by atoms with Crippen molar-refractivity contribution >= 4 is 23.2 Å². The minimum atomic E-state index is -4.55. The topological polar surface area (TPSA) is 94.6 Å². The fraction of sp³-hybridized carbons (Fsp3) is 0.522. The zero-order valence-corrected chi connectivity index (χ0v) is 19.5. The number of carbonyl (C=O) groups is 2. The van der Waals surface area contributed by atoms with Crippen LogP contribution in [-0.4, -0.2) is 58.5 Å². The molecule has 1 saturated heterocycles. The lowest BCUT2D eigenvalue weighted by Crippen LogP contribution is -2.63. The van der Waals surface area contributed by atoms with Crippen LogP contribution in [-0.2, 0) is 16.6 Å². The highest BCUT2D eigenvalue weighted by Gasteiger charge is 2.41. The van der Waals surface area contributed by atoms with Crippen molar-refractivity contribution in [2.75, 3.05) is 19.6 Å². The summed E-state index contributed by atoms with van der Waals surface area (Å²) in [5.41, 5.74) is -1.57. The van der Waals surface area contributed by atoms with Crippen molar-refractivity contribution in [2.24, 2.45) is 0 Å². The van der Waals surface area contributed by atoms with Gasteiger partial charge < -0.3 is 15.7 Å². The Kier molecular flexibility index (Phi) is 6.97. The number of nitrogens with zero attached hydrogens (tertiary/aromatic N) is 2. The molecule has 7 nitrogen and oxygen atoms in total. The number of hydrogen-bond donors (Lipinski definition) is 3. The predicted octanol–water partition coefficient (Wildman–Crippen LogP) is 2.83. The van der Waals surface area contributed by atoms with Crippen LogP contribution in [0.5, 0.6) is 0 Å². The van der Waals surface area contributed by atoms with Crippen LogP contribution in [0, 0.1) is 6.92 Å². The summed E-state index contributed by atoms with van der Waals surface area (Å²) in [6, 6.07) is 3.41. The van der Waals surface area contributed by atoms with Crippen molar-refractivity contribution in [3.05, 3.63) is 51.5 Å². The molecule has 2 amide bonds. The molecule has 2 heterocycles. The van der Waals surface area contributed by atoms with E-state index in [-0.39, 0.29) is 24.1 Å². The lowest BCUT2D eigenvalue weighted by atomic mass is 9.81. The Labute approximate surface area is 199 Å². The summed E-state index contributed by atoms with van der Waals surface area (Å²) in [5.74, 6) is -1.11. The third-order valence-electron chi connectivity index (χ3n) is 6.48. The number of carbonyl (C=O) groups excluding carboxylic acids is 2. The molecule has 2 aliphatic rings. The molecule has 1 aromatic carbocycles. The van der Waals surface area contributed by atoms with Crippen LogP contribution >= 0.6 is 11.3 Å². The second kappa shape index (κ2) is 9.63. The number of amides is 2. The highest BCUT2D eigenvalue weighted by atomic mass is 32.1. The van der Waals surface area contributed by atoms with E-state index in [1.807, 2.05) is 5.38 Å². The van der Waals surface area contributed by atoms with Gasteiger partial charge in [0.1, 0.15) is 10.6 Å². The van der Waals surface area contributed by atoms with Gasteiger partial charge in [0.15, 0.2) is 0 Å². The number of likely N-dealkylation sites (tertiary alicyclic amines) is 1. The van der Waals surface area contributed by atoms with E-state index in [9.17, 15) is 27.9 Å². The second-order valence-corrected chi connectivity index (χ2v) is 9.98. The monoisotopic (exact) mass is 496 g/mol. The van der Waals surface area contributed by atoms with E-state index in [0.717, 1.165) is 30.0 Å². The van der Waals surface area contributed by atoms with Crippen LogP contribution in [0.1, 0.15) is 52.2 Å². The van der Waals surface area contributed by atoms with Gasteiger partial charge in [-0.3, -0.25) is 14.5 Å². The number of thiazole rings is 1. The van der Waals surface area contributed by atoms with Crippen LogP contribution in [0.3, 0.4) is 0 Å². The summed E-state index contributed by atoms with van der Waals surface area (Å²) >= 11 is 1.47. The van der Waals surface area contributed by atoms with Crippen LogP contribution in [0.4, 0.5) is 13.2 Å². The highest BCUT2D eigenvalue weighted by Crippen LogP contribution is 2.40. The molecule has 184 valence electrons. The predicted molar refractivity (Wildman–Crippen MR) is 120 cm³/mol. The number of aromatic nitrogens is 1. The van der Waals surface area contributed by atoms with Gasteiger partial charge >= 0.3 is 6.18 Å². The van der Waals surface area contributed by atoms with E-state index in [1.165, 1.54) is 24.3 Å². The molecule has 3 N–H and O–H groups in total. The molecule has 2 aromatic rings. The van der Waals surface area contributed by atoms with E-state index in [2.05, 4.69) is 20.5 Å². The van der Waals surface area contributed by atoms with Gasteiger partial charge in [0.2, 0.25) is 5.91 Å². The molecule has 4 rings (SSSR count). The summed E-state index contributed by atoms with van der Waals surface area (Å²) in [7, 11) is 0. The van der Waals surface area contributed by atoms with E-state index in [4.69, 9.17) is 0 Å². The molecule has 1 aromatic heterocycles. The number of alkyl halides is 3. The van der Waals surface area contributed by atoms with Gasteiger partial charge in [-0.05, 0) is 56.4 Å². The van der Waals surface area contributed by atoms with Crippen molar-refractivity contribution in [2.45, 2.75) is 56.5 Å². The van der Waals surface area contributed by atoms with Crippen molar-refractivity contribution in [3.8, 4) is 0 Å². The first-order valence-corrected chi connectivity index (χ1v) is 12.0. The zero-order chi connectivity index (χ0) is 24.5. The fourth-order valence-electron chi connectivity index (χ4n) is 4.63. The Bertz CT molecular complexity index is 1030. The molecule has 2 fully saturated rings. The van der Waals surface area contributed by atoms with Gasteiger partial charge in [-0.2, -0.15) is 13.2 Å². The van der Waals surface area contributed by atoms with E-state index >= 15 is 0 Å². The number of aliphatic hydroxyl groups is 1. The molecule has 11 heteroatoms. The minimum absolute atomic E-state index is 0.0417. The van der Waals surface area contributed by atoms with Gasteiger partial charge in [0.25, 0.3) is 5.91 Å². The molecular formula is C23H27F3N4O3S. The highest BCUT2D eigenvalue weighted by molar-refractivity contribution is 7.09. The quantitative estimate of drug-likeness (QED) is 0.572. The van der Waals surface area contributed by atoms with Crippen LogP contribution in [0.25, 0.3) is 0 Å². The first-order valence-electron chi connectivity index (χ1n) is 11.2. The van der Waals surface area contributed by atoms with Crippen molar-refractivity contribution in [3.63, 3.8) is 0 Å². The van der Waals surface area contributed by atoms with Crippen molar-refractivity contribution in [1.29, 1.82) is 0 Å². The maximum Gasteiger partial charge on any atom is 0.416 e. The number of aryl methyl sites for hydroxylation is 1. The lowest BCUT2D eigenvalue weighted by Gasteiger charge is -2.47. The SMILES string of the molecule is Cc1cc(C(=O)NCC(=O)NC2CN([C@H]3CC[C@@](O)(c4nccs4)CC3)C2)cc(C(F)(F)F)c1. The normalized spacial score (nSPS) is 23.9. The van der Waals surface area contributed by atoms with Crippen LogP contribution in [0.2, 0.25) is 0 Å². The number of halogens is 3. The van der Waals surface area contributed by atoms with Gasteiger partial charge in [0, 0.05) is 36.3 Å². The number of benzene rings is 1. The molecule has 1 aliphatic carbocycles. The largest absolute Gasteiger partial charge is 0.416 e. The molecule has 1 saturated carbocycles. The minimum Gasteiger partial charge on any atom is -0.383 e. The molecule has 0 unspecified atom stereocenters. The number of rotatable bonds is 6. The Morgan fingerprint density at radius 1 is 1.24 bits per heavy atom. The Balaban J connectivity index is 1.19. The van der Waals surface area contributed by atoms with E-state index in [0.29, 0.717) is 37.5 Å². The second-order valence-electron chi connectivity index (χ2n) is 9.09. The Morgan fingerprint density at radius 2 is 1.94 bits per heavy atom. The molecule has 0 radical (unpaired) electrons. The summed E-state index contributed by atoms with van der Waals surface area (Å²) in [6.45, 7) is 2.54. The third-order valence-corrected chi connectivity index (χ3v) is 7.45. The Morgan fingerprint density at radius 3 is 2.56 bits per heavy atom. The van der Waals surface area contributed by atoms with Gasteiger partial charge in [-0.15, -0.1) is 11.3 Å². The average Bonchev–Trinajstić information content (AvgIpc) is 3.30. The summed E-state index contributed by atoms with van der Waals surface area (Å²) in [6.07, 6.45) is 0.161. The maximum atomic E-state index is 13.0.